The Hall–Kier alpha value is -1.47. The van der Waals surface area contributed by atoms with Gasteiger partial charge >= 0.3 is 0 Å². The molecule has 1 amide bonds. The molecule has 0 saturated carbocycles. The highest BCUT2D eigenvalue weighted by molar-refractivity contribution is 7.09. The third-order valence-electron chi connectivity index (χ3n) is 2.28. The maximum Gasteiger partial charge on any atom is 0.255 e. The highest BCUT2D eigenvalue weighted by Gasteiger charge is 2.31. The first-order valence-electron chi connectivity index (χ1n) is 5.23. The summed E-state index contributed by atoms with van der Waals surface area (Å²) in [6, 6.07) is -0.429. The number of guanidine groups is 1. The van der Waals surface area contributed by atoms with Gasteiger partial charge in [-0.2, -0.15) is 0 Å². The number of carbonyl (C=O) groups excluding carboxylic acids is 1. The number of aliphatic imine (C=N–C) groups is 1. The Morgan fingerprint density at radius 2 is 2.47 bits per heavy atom. The molecule has 1 atom stereocenters. The predicted molar refractivity (Wildman–Crippen MR) is 65.0 cm³/mol. The zero-order chi connectivity index (χ0) is 12.3. The zero-order valence-corrected chi connectivity index (χ0v) is 10.5. The normalized spacial score (nSPS) is 21.6. The molecule has 6 nitrogen and oxygen atoms in total. The van der Waals surface area contributed by atoms with E-state index < -0.39 is 6.04 Å². The molecule has 1 unspecified atom stereocenters. The van der Waals surface area contributed by atoms with Crippen molar-refractivity contribution in [2.45, 2.75) is 13.0 Å². The molecule has 0 spiro atoms. The van der Waals surface area contributed by atoms with Crippen molar-refractivity contribution in [3.05, 3.63) is 16.1 Å². The van der Waals surface area contributed by atoms with Gasteiger partial charge in [-0.1, -0.05) is 0 Å². The number of rotatable bonds is 4. The topological polar surface area (TPSA) is 75.6 Å². The van der Waals surface area contributed by atoms with Crippen LogP contribution in [0, 0.1) is 6.92 Å². The summed E-state index contributed by atoms with van der Waals surface area (Å²) >= 11 is 1.53. The lowest BCUT2D eigenvalue weighted by molar-refractivity contribution is -0.120. The van der Waals surface area contributed by atoms with E-state index in [4.69, 9.17) is 4.74 Å². The Labute approximate surface area is 103 Å². The van der Waals surface area contributed by atoms with Gasteiger partial charge in [0.15, 0.2) is 12.0 Å². The second-order valence-electron chi connectivity index (χ2n) is 3.58. The van der Waals surface area contributed by atoms with E-state index in [0.717, 1.165) is 10.7 Å². The van der Waals surface area contributed by atoms with Gasteiger partial charge < -0.3 is 10.1 Å². The van der Waals surface area contributed by atoms with Crippen molar-refractivity contribution in [1.29, 1.82) is 0 Å². The summed E-state index contributed by atoms with van der Waals surface area (Å²) in [6.45, 7) is 2.96. The van der Waals surface area contributed by atoms with Gasteiger partial charge in [-0.05, 0) is 6.92 Å². The van der Waals surface area contributed by atoms with Crippen molar-refractivity contribution in [3.63, 3.8) is 0 Å². The molecule has 1 fully saturated rings. The molecule has 0 bridgehead atoms. The Balaban J connectivity index is 2.02. The van der Waals surface area contributed by atoms with Gasteiger partial charge in [-0.3, -0.25) is 15.1 Å². The second kappa shape index (κ2) is 5.24. The van der Waals surface area contributed by atoms with Crippen molar-refractivity contribution < 1.29 is 9.53 Å². The zero-order valence-electron chi connectivity index (χ0n) is 9.69. The standard InChI is InChI=1S/C10H14N4O2S/c1-6-12-7(5-17-6)8-9(15)14-10(13-8)11-3-4-16-2/h5,8H,3-4H2,1-2H3,(H2,11,13,14,15). The van der Waals surface area contributed by atoms with Crippen molar-refractivity contribution in [2.75, 3.05) is 20.3 Å². The molecule has 0 aromatic carbocycles. The summed E-state index contributed by atoms with van der Waals surface area (Å²) in [5.41, 5.74) is 0.738. The minimum Gasteiger partial charge on any atom is -0.383 e. The maximum atomic E-state index is 11.7. The lowest BCUT2D eigenvalue weighted by Crippen LogP contribution is -2.26. The van der Waals surface area contributed by atoms with E-state index in [9.17, 15) is 4.79 Å². The monoisotopic (exact) mass is 254 g/mol. The van der Waals surface area contributed by atoms with Gasteiger partial charge in [0, 0.05) is 12.5 Å². The molecular weight excluding hydrogens is 240 g/mol. The average Bonchev–Trinajstić information content (AvgIpc) is 2.85. The number of amides is 1. The molecule has 1 aromatic rings. The first kappa shape index (κ1) is 12.0. The van der Waals surface area contributed by atoms with Crippen LogP contribution in [0.15, 0.2) is 10.4 Å². The quantitative estimate of drug-likeness (QED) is 0.753. The number of ether oxygens (including phenoxy) is 1. The Kier molecular flexibility index (Phi) is 3.70. The number of carbonyl (C=O) groups is 1. The molecule has 1 aliphatic rings. The Bertz CT molecular complexity index is 443. The third kappa shape index (κ3) is 2.80. The van der Waals surface area contributed by atoms with E-state index in [1.165, 1.54) is 11.3 Å². The number of hydrogen-bond donors (Lipinski definition) is 2. The van der Waals surface area contributed by atoms with Gasteiger partial charge in [-0.15, -0.1) is 11.3 Å². The Morgan fingerprint density at radius 3 is 3.12 bits per heavy atom. The number of nitrogens with one attached hydrogen (secondary N) is 2. The first-order chi connectivity index (χ1) is 8.20. The molecule has 17 heavy (non-hydrogen) atoms. The molecule has 2 heterocycles. The smallest absolute Gasteiger partial charge is 0.255 e. The van der Waals surface area contributed by atoms with Crippen LogP contribution in [0.4, 0.5) is 0 Å². The fourth-order valence-corrected chi connectivity index (χ4v) is 2.12. The SMILES string of the molecule is COCCN=C1NC(=O)C(c2csc(C)n2)N1. The van der Waals surface area contributed by atoms with E-state index >= 15 is 0 Å². The van der Waals surface area contributed by atoms with Crippen molar-refractivity contribution in [1.82, 2.24) is 15.6 Å². The van der Waals surface area contributed by atoms with Crippen molar-refractivity contribution in [3.8, 4) is 0 Å². The van der Waals surface area contributed by atoms with Crippen LogP contribution in [0.5, 0.6) is 0 Å². The number of hydrogen-bond acceptors (Lipinski definition) is 5. The number of nitrogens with zero attached hydrogens (tertiary/aromatic N) is 2. The number of thiazole rings is 1. The number of aryl methyl sites for hydroxylation is 1. The fraction of sp³-hybridized carbons (Fsp3) is 0.500. The van der Waals surface area contributed by atoms with Crippen molar-refractivity contribution >= 4 is 23.2 Å². The van der Waals surface area contributed by atoms with Crippen LogP contribution in [-0.2, 0) is 9.53 Å². The van der Waals surface area contributed by atoms with Crippen LogP contribution in [0.1, 0.15) is 16.7 Å². The molecule has 1 aliphatic heterocycles. The van der Waals surface area contributed by atoms with Crippen LogP contribution >= 0.6 is 11.3 Å². The lowest BCUT2D eigenvalue weighted by atomic mass is 10.2. The summed E-state index contributed by atoms with van der Waals surface area (Å²) in [4.78, 5) is 20.2. The average molecular weight is 254 g/mol. The molecule has 2 N–H and O–H groups in total. The number of methoxy groups -OCH3 is 1. The van der Waals surface area contributed by atoms with E-state index in [2.05, 4.69) is 20.6 Å². The van der Waals surface area contributed by atoms with E-state index in [-0.39, 0.29) is 5.91 Å². The van der Waals surface area contributed by atoms with Crippen LogP contribution in [0.25, 0.3) is 0 Å². The summed E-state index contributed by atoms with van der Waals surface area (Å²) in [5.74, 6) is 0.370. The molecule has 0 radical (unpaired) electrons. The van der Waals surface area contributed by atoms with Crippen LogP contribution in [0.2, 0.25) is 0 Å². The van der Waals surface area contributed by atoms with Crippen LogP contribution in [-0.4, -0.2) is 37.1 Å². The molecule has 0 aliphatic carbocycles. The third-order valence-corrected chi connectivity index (χ3v) is 3.07. The first-order valence-corrected chi connectivity index (χ1v) is 6.11. The summed E-state index contributed by atoms with van der Waals surface area (Å²) in [6.07, 6.45) is 0. The van der Waals surface area contributed by atoms with Crippen molar-refractivity contribution in [2.24, 2.45) is 4.99 Å². The van der Waals surface area contributed by atoms with E-state index in [1.54, 1.807) is 7.11 Å². The fourth-order valence-electron chi connectivity index (χ4n) is 1.48. The largest absolute Gasteiger partial charge is 0.383 e. The molecule has 1 aromatic heterocycles. The maximum absolute atomic E-state index is 11.7. The van der Waals surface area contributed by atoms with Gasteiger partial charge in [0.1, 0.15) is 0 Å². The van der Waals surface area contributed by atoms with E-state index in [1.807, 2.05) is 12.3 Å². The highest BCUT2D eigenvalue weighted by atomic mass is 32.1. The van der Waals surface area contributed by atoms with Crippen LogP contribution < -0.4 is 10.6 Å². The minimum atomic E-state index is -0.429. The number of aromatic nitrogens is 1. The van der Waals surface area contributed by atoms with Gasteiger partial charge in [0.05, 0.1) is 23.9 Å². The van der Waals surface area contributed by atoms with Gasteiger partial charge in [0.2, 0.25) is 0 Å². The summed E-state index contributed by atoms with van der Waals surface area (Å²) in [7, 11) is 1.61. The summed E-state index contributed by atoms with van der Waals surface area (Å²) < 4.78 is 4.89. The lowest BCUT2D eigenvalue weighted by Gasteiger charge is -2.03. The molecule has 1 saturated heterocycles. The van der Waals surface area contributed by atoms with Gasteiger partial charge in [0.25, 0.3) is 5.91 Å². The summed E-state index contributed by atoms with van der Waals surface area (Å²) in [5, 5.41) is 8.51. The van der Waals surface area contributed by atoms with Gasteiger partial charge in [-0.25, -0.2) is 4.98 Å². The Morgan fingerprint density at radius 1 is 1.65 bits per heavy atom. The van der Waals surface area contributed by atoms with Crippen LogP contribution in [0.3, 0.4) is 0 Å². The molecule has 92 valence electrons. The molecular formula is C10H14N4O2S. The van der Waals surface area contributed by atoms with E-state index in [0.29, 0.717) is 19.1 Å². The molecule has 2 rings (SSSR count). The minimum absolute atomic E-state index is 0.119. The highest BCUT2D eigenvalue weighted by Crippen LogP contribution is 2.18. The second-order valence-corrected chi connectivity index (χ2v) is 4.64. The molecule has 7 heteroatoms. The predicted octanol–water partition coefficient (Wildman–Crippen LogP) is 0.214.